The number of hydrogen-bond donors (Lipinski definition) is 3. The largest absolute Gasteiger partial charge is 0.508 e. The fraction of sp³-hybridized carbons (Fsp3) is 0. The van der Waals surface area contributed by atoms with Crippen LogP contribution in [0.2, 0.25) is 0 Å². The van der Waals surface area contributed by atoms with E-state index >= 15 is 0 Å². The molecule has 0 aliphatic carbocycles. The van der Waals surface area contributed by atoms with E-state index in [9.17, 15) is 9.50 Å². The van der Waals surface area contributed by atoms with E-state index < -0.39 is 5.82 Å². The van der Waals surface area contributed by atoms with Crippen molar-refractivity contribution in [2.45, 2.75) is 0 Å². The van der Waals surface area contributed by atoms with Crippen LogP contribution in [0.5, 0.6) is 5.75 Å². The number of fused-ring (bicyclic) bond motifs is 2. The van der Waals surface area contributed by atoms with Crippen LogP contribution in [0.15, 0.2) is 67.5 Å². The molecule has 0 radical (unpaired) electrons. The molecule has 3 N–H and O–H groups in total. The zero-order chi connectivity index (χ0) is 21.7. The van der Waals surface area contributed by atoms with E-state index in [1.807, 2.05) is 12.1 Å². The first-order chi connectivity index (χ1) is 15.7. The normalized spacial score (nSPS) is 11.4. The number of nitrogens with zero attached hydrogens (tertiary/aromatic N) is 5. The molecule has 32 heavy (non-hydrogen) atoms. The molecule has 0 unspecified atom stereocenters. The van der Waals surface area contributed by atoms with Crippen molar-refractivity contribution < 1.29 is 9.50 Å². The summed E-state index contributed by atoms with van der Waals surface area (Å²) in [5.74, 6) is -0.645. The van der Waals surface area contributed by atoms with Gasteiger partial charge in [-0.15, -0.1) is 0 Å². The molecular weight excluding hydrogens is 409 g/mol. The summed E-state index contributed by atoms with van der Waals surface area (Å²) in [6, 6.07) is 9.61. The molecular formula is C23H14FN7O. The molecule has 9 heteroatoms. The lowest BCUT2D eigenvalue weighted by Gasteiger charge is -2.04. The van der Waals surface area contributed by atoms with Crippen molar-refractivity contribution in [3.05, 3.63) is 73.3 Å². The minimum Gasteiger partial charge on any atom is -0.508 e. The molecule has 154 valence electrons. The second-order valence-electron chi connectivity index (χ2n) is 7.32. The number of aromatic hydroxyl groups is 1. The van der Waals surface area contributed by atoms with Crippen molar-refractivity contribution in [3.63, 3.8) is 0 Å². The first-order valence-electron chi connectivity index (χ1n) is 9.73. The SMILES string of the molecule is Oc1cc(F)cc(-c2ccnc3[nH]c(-c4n[nH]c5cnc(-c6cncnc6)cc45)cc23)c1. The van der Waals surface area contributed by atoms with Gasteiger partial charge in [-0.2, -0.15) is 5.10 Å². The molecule has 0 bridgehead atoms. The summed E-state index contributed by atoms with van der Waals surface area (Å²) >= 11 is 0. The topological polar surface area (TPSA) is 116 Å². The van der Waals surface area contributed by atoms with Crippen LogP contribution in [0.4, 0.5) is 4.39 Å². The van der Waals surface area contributed by atoms with E-state index in [2.05, 4.69) is 35.1 Å². The van der Waals surface area contributed by atoms with Crippen molar-refractivity contribution in [2.75, 3.05) is 0 Å². The maximum absolute atomic E-state index is 13.9. The lowest BCUT2D eigenvalue weighted by atomic mass is 10.0. The number of aromatic amines is 2. The number of phenols is 1. The highest BCUT2D eigenvalue weighted by Gasteiger charge is 2.16. The number of pyridine rings is 2. The Morgan fingerprint density at radius 2 is 1.75 bits per heavy atom. The quantitative estimate of drug-likeness (QED) is 0.387. The zero-order valence-corrected chi connectivity index (χ0v) is 16.4. The van der Waals surface area contributed by atoms with Crippen LogP contribution in [-0.4, -0.2) is 40.2 Å². The zero-order valence-electron chi connectivity index (χ0n) is 16.4. The number of phenolic OH excluding ortho intramolecular Hbond substituents is 1. The molecule has 5 heterocycles. The third-order valence-corrected chi connectivity index (χ3v) is 5.28. The van der Waals surface area contributed by atoms with Crippen LogP contribution in [0.1, 0.15) is 0 Å². The first-order valence-corrected chi connectivity index (χ1v) is 9.73. The fourth-order valence-corrected chi connectivity index (χ4v) is 3.85. The predicted molar refractivity (Wildman–Crippen MR) is 117 cm³/mol. The van der Waals surface area contributed by atoms with Gasteiger partial charge in [-0.1, -0.05) is 0 Å². The summed E-state index contributed by atoms with van der Waals surface area (Å²) in [4.78, 5) is 20.3. The fourth-order valence-electron chi connectivity index (χ4n) is 3.85. The molecule has 0 aliphatic rings. The second-order valence-corrected chi connectivity index (χ2v) is 7.32. The van der Waals surface area contributed by atoms with Crippen LogP contribution in [0.25, 0.3) is 55.7 Å². The van der Waals surface area contributed by atoms with Crippen LogP contribution in [-0.2, 0) is 0 Å². The van der Waals surface area contributed by atoms with E-state index in [4.69, 9.17) is 0 Å². The van der Waals surface area contributed by atoms with Gasteiger partial charge in [-0.05, 0) is 41.5 Å². The molecule has 0 saturated carbocycles. The van der Waals surface area contributed by atoms with Crippen molar-refractivity contribution in [1.29, 1.82) is 0 Å². The lowest BCUT2D eigenvalue weighted by molar-refractivity contribution is 0.469. The molecule has 0 spiro atoms. The van der Waals surface area contributed by atoms with Crippen LogP contribution >= 0.6 is 0 Å². The molecule has 6 aromatic rings. The van der Waals surface area contributed by atoms with Gasteiger partial charge in [-0.3, -0.25) is 10.1 Å². The van der Waals surface area contributed by atoms with E-state index in [1.165, 1.54) is 18.5 Å². The summed E-state index contributed by atoms with van der Waals surface area (Å²) in [5.41, 5.74) is 5.68. The molecule has 1 aromatic carbocycles. The number of H-pyrrole nitrogens is 2. The Labute approximate surface area is 179 Å². The smallest absolute Gasteiger partial charge is 0.138 e. The Morgan fingerprint density at radius 3 is 2.59 bits per heavy atom. The van der Waals surface area contributed by atoms with Gasteiger partial charge in [0, 0.05) is 41.0 Å². The summed E-state index contributed by atoms with van der Waals surface area (Å²) in [6.45, 7) is 0. The summed E-state index contributed by atoms with van der Waals surface area (Å²) in [5, 5.41) is 19.0. The Morgan fingerprint density at radius 1 is 0.875 bits per heavy atom. The van der Waals surface area contributed by atoms with Gasteiger partial charge in [0.25, 0.3) is 0 Å². The number of aromatic nitrogens is 7. The maximum Gasteiger partial charge on any atom is 0.138 e. The van der Waals surface area contributed by atoms with Gasteiger partial charge in [0.1, 0.15) is 29.2 Å². The Balaban J connectivity index is 1.52. The van der Waals surface area contributed by atoms with Gasteiger partial charge < -0.3 is 10.1 Å². The van der Waals surface area contributed by atoms with Crippen molar-refractivity contribution in [2.24, 2.45) is 0 Å². The minimum absolute atomic E-state index is 0.135. The summed E-state index contributed by atoms with van der Waals surface area (Å²) in [7, 11) is 0. The summed E-state index contributed by atoms with van der Waals surface area (Å²) < 4.78 is 13.9. The van der Waals surface area contributed by atoms with Gasteiger partial charge in [0.15, 0.2) is 0 Å². The molecule has 8 nitrogen and oxygen atoms in total. The van der Waals surface area contributed by atoms with Crippen molar-refractivity contribution >= 4 is 21.9 Å². The maximum atomic E-state index is 13.9. The van der Waals surface area contributed by atoms with Crippen LogP contribution in [0.3, 0.4) is 0 Å². The Bertz CT molecular complexity index is 1590. The molecule has 0 fully saturated rings. The molecule has 6 rings (SSSR count). The van der Waals surface area contributed by atoms with Crippen LogP contribution in [0, 0.1) is 5.82 Å². The Kier molecular flexibility index (Phi) is 3.94. The number of nitrogens with one attached hydrogen (secondary N) is 2. The average molecular weight is 423 g/mol. The standard InChI is InChI=1S/C23H14FN7O/c24-14-3-12(4-15(32)5-14)16-1-2-27-23-17(16)6-20(29-23)22-18-7-19(13-8-25-11-26-9-13)28-10-21(18)30-31-22/h1-11,32H,(H,27,29)(H,30,31). The monoisotopic (exact) mass is 423 g/mol. The number of hydrogen-bond acceptors (Lipinski definition) is 6. The molecule has 0 amide bonds. The van der Waals surface area contributed by atoms with Crippen molar-refractivity contribution in [3.8, 4) is 39.5 Å². The first kappa shape index (κ1) is 18.1. The van der Waals surface area contributed by atoms with Gasteiger partial charge >= 0.3 is 0 Å². The molecule has 0 saturated heterocycles. The van der Waals surface area contributed by atoms with E-state index in [1.54, 1.807) is 30.9 Å². The minimum atomic E-state index is -0.510. The van der Waals surface area contributed by atoms with Crippen molar-refractivity contribution in [1.82, 2.24) is 35.1 Å². The van der Waals surface area contributed by atoms with E-state index in [0.717, 1.165) is 44.9 Å². The second kappa shape index (κ2) is 6.95. The van der Waals surface area contributed by atoms with Gasteiger partial charge in [-0.25, -0.2) is 19.3 Å². The number of benzene rings is 1. The summed E-state index contributed by atoms with van der Waals surface area (Å²) in [6.07, 6.45) is 8.23. The van der Waals surface area contributed by atoms with E-state index in [0.29, 0.717) is 16.9 Å². The third kappa shape index (κ3) is 2.95. The van der Waals surface area contributed by atoms with E-state index in [-0.39, 0.29) is 5.75 Å². The Hall–Kier alpha value is -4.66. The number of rotatable bonds is 3. The molecule has 0 aliphatic heterocycles. The lowest BCUT2D eigenvalue weighted by Crippen LogP contribution is -1.86. The average Bonchev–Trinajstić information content (AvgIpc) is 3.42. The predicted octanol–water partition coefficient (Wildman–Crippen LogP) is 4.47. The molecule has 0 atom stereocenters. The highest BCUT2D eigenvalue weighted by atomic mass is 19.1. The molecule has 5 aromatic heterocycles. The highest BCUT2D eigenvalue weighted by Crippen LogP contribution is 2.35. The van der Waals surface area contributed by atoms with Gasteiger partial charge in [0.05, 0.1) is 23.1 Å². The third-order valence-electron chi connectivity index (χ3n) is 5.28. The van der Waals surface area contributed by atoms with Crippen LogP contribution < -0.4 is 0 Å². The van der Waals surface area contributed by atoms with Gasteiger partial charge in [0.2, 0.25) is 0 Å². The highest BCUT2D eigenvalue weighted by molar-refractivity contribution is 6.00. The number of halogens is 1.